The summed E-state index contributed by atoms with van der Waals surface area (Å²) < 4.78 is 2.29. The second-order valence-electron chi connectivity index (χ2n) is 14.8. The second kappa shape index (κ2) is 11.5. The van der Waals surface area contributed by atoms with Crippen LogP contribution in [0, 0.1) is 0 Å². The van der Waals surface area contributed by atoms with Crippen LogP contribution in [0.1, 0.15) is 25.0 Å². The van der Waals surface area contributed by atoms with Crippen LogP contribution in [0.25, 0.3) is 94.5 Å². The Hall–Kier alpha value is -6.98. The zero-order valence-electron chi connectivity index (χ0n) is 29.8. The van der Waals surface area contributed by atoms with Crippen LogP contribution in [-0.4, -0.2) is 24.5 Å². The Morgan fingerprint density at radius 1 is 0.444 bits per heavy atom. The number of benzene rings is 7. The van der Waals surface area contributed by atoms with Crippen molar-refractivity contribution in [2.45, 2.75) is 19.3 Å². The molecule has 10 aromatic rings. The van der Waals surface area contributed by atoms with Gasteiger partial charge in [-0.3, -0.25) is 4.57 Å². The number of pyridine rings is 1. The minimum Gasteiger partial charge on any atom is -0.294 e. The third-order valence-corrected chi connectivity index (χ3v) is 11.3. The SMILES string of the molecule is CC1(C)c2ccc(-n3c4ccccc4c4cccnc43)cc2-c2ccc(-c3nc(-c4ccc5ccccc5c4)nc(-c4ccc5ccccc5c4)n3)cc21. The Morgan fingerprint density at radius 2 is 1.02 bits per heavy atom. The van der Waals surface area contributed by atoms with Gasteiger partial charge in [-0.1, -0.05) is 123 Å². The van der Waals surface area contributed by atoms with Crippen LogP contribution in [0.4, 0.5) is 0 Å². The van der Waals surface area contributed by atoms with Gasteiger partial charge in [0.2, 0.25) is 0 Å². The molecule has 0 aliphatic heterocycles. The average molecular weight is 692 g/mol. The molecular formula is C49H33N5. The highest BCUT2D eigenvalue weighted by molar-refractivity contribution is 6.08. The van der Waals surface area contributed by atoms with Gasteiger partial charge >= 0.3 is 0 Å². The molecule has 7 aromatic carbocycles. The van der Waals surface area contributed by atoms with Crippen molar-refractivity contribution >= 4 is 43.5 Å². The van der Waals surface area contributed by atoms with E-state index < -0.39 is 0 Å². The lowest BCUT2D eigenvalue weighted by Gasteiger charge is -2.22. The molecule has 0 radical (unpaired) electrons. The highest BCUT2D eigenvalue weighted by atomic mass is 15.0. The van der Waals surface area contributed by atoms with E-state index in [0.29, 0.717) is 17.5 Å². The number of nitrogens with zero attached hydrogens (tertiary/aromatic N) is 5. The van der Waals surface area contributed by atoms with E-state index >= 15 is 0 Å². The lowest BCUT2D eigenvalue weighted by molar-refractivity contribution is 0.660. The summed E-state index contributed by atoms with van der Waals surface area (Å²) in [6, 6.07) is 56.0. The van der Waals surface area contributed by atoms with Gasteiger partial charge in [-0.15, -0.1) is 0 Å². The maximum Gasteiger partial charge on any atom is 0.164 e. The second-order valence-corrected chi connectivity index (χ2v) is 14.8. The number of hydrogen-bond acceptors (Lipinski definition) is 4. The van der Waals surface area contributed by atoms with Crippen LogP contribution in [-0.2, 0) is 5.41 Å². The summed E-state index contributed by atoms with van der Waals surface area (Å²) in [7, 11) is 0. The standard InChI is InChI=1S/C49H33N5/c1-49(2)42-24-22-37(54-44-16-8-7-14-39(44)40-15-9-25-50-48(40)54)29-41(42)38-23-21-36(28-43(38)49)47-52-45(34-19-17-30-10-3-5-12-32(30)26-34)51-46(53-47)35-20-18-31-11-4-6-13-33(31)27-35/h3-29H,1-2H3. The Labute approximate surface area is 312 Å². The van der Waals surface area contributed by atoms with Gasteiger partial charge in [-0.25, -0.2) is 19.9 Å². The van der Waals surface area contributed by atoms with E-state index in [-0.39, 0.29) is 5.41 Å². The fraction of sp³-hybridized carbons (Fsp3) is 0.0612. The molecule has 0 spiro atoms. The zero-order valence-corrected chi connectivity index (χ0v) is 29.8. The van der Waals surface area contributed by atoms with E-state index in [9.17, 15) is 0 Å². The van der Waals surface area contributed by atoms with E-state index in [1.54, 1.807) is 0 Å². The van der Waals surface area contributed by atoms with Crippen molar-refractivity contribution in [1.82, 2.24) is 24.5 Å². The molecule has 0 bridgehead atoms. The van der Waals surface area contributed by atoms with Crippen LogP contribution < -0.4 is 0 Å². The molecule has 1 aliphatic carbocycles. The van der Waals surface area contributed by atoms with Crippen molar-refractivity contribution in [3.05, 3.63) is 175 Å². The minimum atomic E-state index is -0.229. The van der Waals surface area contributed by atoms with Crippen LogP contribution in [0.5, 0.6) is 0 Å². The Kier molecular flexibility index (Phi) is 6.53. The van der Waals surface area contributed by atoms with Gasteiger partial charge < -0.3 is 0 Å². The van der Waals surface area contributed by atoms with Crippen LogP contribution in [0.3, 0.4) is 0 Å². The average Bonchev–Trinajstić information content (AvgIpc) is 3.68. The highest BCUT2D eigenvalue weighted by Gasteiger charge is 2.36. The zero-order chi connectivity index (χ0) is 36.0. The molecule has 3 heterocycles. The monoisotopic (exact) mass is 691 g/mol. The lowest BCUT2D eigenvalue weighted by atomic mass is 9.82. The quantitative estimate of drug-likeness (QED) is 0.184. The summed E-state index contributed by atoms with van der Waals surface area (Å²) >= 11 is 0. The molecular weight excluding hydrogens is 659 g/mol. The first-order chi connectivity index (χ1) is 26.5. The summed E-state index contributed by atoms with van der Waals surface area (Å²) in [5.41, 5.74) is 10.9. The van der Waals surface area contributed by atoms with E-state index in [1.807, 2.05) is 12.3 Å². The molecule has 1 aliphatic rings. The number of aromatic nitrogens is 5. The molecule has 5 nitrogen and oxygen atoms in total. The molecule has 254 valence electrons. The number of hydrogen-bond donors (Lipinski definition) is 0. The van der Waals surface area contributed by atoms with Gasteiger partial charge in [0.25, 0.3) is 0 Å². The molecule has 0 N–H and O–H groups in total. The van der Waals surface area contributed by atoms with Crippen molar-refractivity contribution in [2.24, 2.45) is 0 Å². The van der Waals surface area contributed by atoms with Crippen molar-refractivity contribution in [3.63, 3.8) is 0 Å². The Balaban J connectivity index is 1.07. The van der Waals surface area contributed by atoms with Crippen LogP contribution in [0.15, 0.2) is 164 Å². The predicted molar refractivity (Wildman–Crippen MR) is 221 cm³/mol. The van der Waals surface area contributed by atoms with Gasteiger partial charge in [0, 0.05) is 44.8 Å². The molecule has 0 saturated heterocycles. The Morgan fingerprint density at radius 3 is 1.70 bits per heavy atom. The minimum absolute atomic E-state index is 0.229. The normalized spacial score (nSPS) is 13.1. The first-order valence-corrected chi connectivity index (χ1v) is 18.4. The first kappa shape index (κ1) is 30.6. The molecule has 0 atom stereocenters. The molecule has 0 amide bonds. The summed E-state index contributed by atoms with van der Waals surface area (Å²) in [4.78, 5) is 20.3. The van der Waals surface area contributed by atoms with Gasteiger partial charge in [0.15, 0.2) is 17.5 Å². The van der Waals surface area contributed by atoms with Gasteiger partial charge in [-0.05, 0) is 92.3 Å². The van der Waals surface area contributed by atoms with Crippen molar-refractivity contribution in [1.29, 1.82) is 0 Å². The maximum atomic E-state index is 5.16. The molecule has 11 rings (SSSR count). The Bertz CT molecular complexity index is 3000. The molecule has 0 unspecified atom stereocenters. The number of para-hydroxylation sites is 1. The van der Waals surface area contributed by atoms with E-state index in [0.717, 1.165) is 49.7 Å². The van der Waals surface area contributed by atoms with Gasteiger partial charge in [0.05, 0.1) is 5.52 Å². The van der Waals surface area contributed by atoms with E-state index in [2.05, 4.69) is 170 Å². The van der Waals surface area contributed by atoms with E-state index in [1.165, 1.54) is 38.4 Å². The van der Waals surface area contributed by atoms with Crippen LogP contribution >= 0.6 is 0 Å². The molecule has 5 heteroatoms. The fourth-order valence-corrected chi connectivity index (χ4v) is 8.50. The smallest absolute Gasteiger partial charge is 0.164 e. The third kappa shape index (κ3) is 4.65. The van der Waals surface area contributed by atoms with Gasteiger partial charge in [0.1, 0.15) is 5.65 Å². The van der Waals surface area contributed by atoms with Crippen molar-refractivity contribution < 1.29 is 0 Å². The van der Waals surface area contributed by atoms with Crippen molar-refractivity contribution in [2.75, 3.05) is 0 Å². The van der Waals surface area contributed by atoms with Crippen LogP contribution in [0.2, 0.25) is 0 Å². The van der Waals surface area contributed by atoms with Gasteiger partial charge in [-0.2, -0.15) is 0 Å². The number of fused-ring (bicyclic) bond motifs is 8. The predicted octanol–water partition coefficient (Wildman–Crippen LogP) is 12.0. The highest BCUT2D eigenvalue weighted by Crippen LogP contribution is 2.50. The summed E-state index contributed by atoms with van der Waals surface area (Å²) in [6.45, 7) is 4.63. The number of rotatable bonds is 4. The summed E-state index contributed by atoms with van der Waals surface area (Å²) in [5.74, 6) is 1.96. The maximum absolute atomic E-state index is 5.16. The van der Waals surface area contributed by atoms with E-state index in [4.69, 9.17) is 19.9 Å². The fourth-order valence-electron chi connectivity index (χ4n) is 8.50. The topological polar surface area (TPSA) is 56.5 Å². The summed E-state index contributed by atoms with van der Waals surface area (Å²) in [6.07, 6.45) is 1.88. The lowest BCUT2D eigenvalue weighted by Crippen LogP contribution is -2.15. The third-order valence-electron chi connectivity index (χ3n) is 11.3. The molecule has 0 fully saturated rings. The summed E-state index contributed by atoms with van der Waals surface area (Å²) in [5, 5.41) is 7.03. The largest absolute Gasteiger partial charge is 0.294 e. The molecule has 0 saturated carbocycles. The molecule has 54 heavy (non-hydrogen) atoms. The first-order valence-electron chi connectivity index (χ1n) is 18.4. The van der Waals surface area contributed by atoms with Crippen molar-refractivity contribution in [3.8, 4) is 51.0 Å². The molecule has 3 aromatic heterocycles.